The molecule has 21 heavy (non-hydrogen) atoms. The maximum atomic E-state index is 6.42. The lowest BCUT2D eigenvalue weighted by atomic mass is 9.93. The quantitative estimate of drug-likeness (QED) is 0.904. The summed E-state index contributed by atoms with van der Waals surface area (Å²) in [6.07, 6.45) is 1.15. The number of fused-ring (bicyclic) bond motifs is 1. The van der Waals surface area contributed by atoms with Crippen molar-refractivity contribution in [2.45, 2.75) is 19.9 Å². The molecule has 3 heteroatoms. The predicted octanol–water partition coefficient (Wildman–Crippen LogP) is 4.39. The van der Waals surface area contributed by atoms with Crippen LogP contribution >= 0.6 is 11.6 Å². The van der Waals surface area contributed by atoms with Gasteiger partial charge in [-0.05, 0) is 48.7 Å². The second-order valence-corrected chi connectivity index (χ2v) is 6.26. The highest BCUT2D eigenvalue weighted by atomic mass is 35.5. The molecular formula is C18H21ClN2. The number of nitrogens with zero attached hydrogens (tertiary/aromatic N) is 1. The Morgan fingerprint density at radius 3 is 2.81 bits per heavy atom. The van der Waals surface area contributed by atoms with Gasteiger partial charge in [0.15, 0.2) is 0 Å². The van der Waals surface area contributed by atoms with E-state index < -0.39 is 0 Å². The van der Waals surface area contributed by atoms with Gasteiger partial charge in [-0.3, -0.25) is 0 Å². The van der Waals surface area contributed by atoms with Crippen molar-refractivity contribution in [3.05, 3.63) is 58.6 Å². The van der Waals surface area contributed by atoms with Crippen LogP contribution in [0.5, 0.6) is 0 Å². The van der Waals surface area contributed by atoms with Crippen molar-refractivity contribution in [1.29, 1.82) is 0 Å². The van der Waals surface area contributed by atoms with E-state index in [0.29, 0.717) is 5.92 Å². The third-order valence-electron chi connectivity index (χ3n) is 4.06. The molecule has 0 spiro atoms. The molecule has 2 aromatic rings. The summed E-state index contributed by atoms with van der Waals surface area (Å²) in [4.78, 5) is 2.39. The Kier molecular flexibility index (Phi) is 4.18. The standard InChI is InChI=1S/C18H21ClN2/c1-13-9-14-5-3-4-6-18(14)21(12-13)16-8-7-15(11-20-2)17(19)10-16/h3-8,10,13,20H,9,11-12H2,1-2H3. The second-order valence-electron chi connectivity index (χ2n) is 5.85. The Hall–Kier alpha value is -1.51. The van der Waals surface area contributed by atoms with Crippen molar-refractivity contribution in [2.75, 3.05) is 18.5 Å². The molecule has 1 heterocycles. The minimum Gasteiger partial charge on any atom is -0.341 e. The highest BCUT2D eigenvalue weighted by Gasteiger charge is 2.22. The molecule has 0 saturated heterocycles. The fourth-order valence-corrected chi connectivity index (χ4v) is 3.32. The first kappa shape index (κ1) is 14.4. The average Bonchev–Trinajstić information content (AvgIpc) is 2.48. The van der Waals surface area contributed by atoms with Crippen LogP contribution in [0.1, 0.15) is 18.1 Å². The lowest BCUT2D eigenvalue weighted by molar-refractivity contribution is 0.562. The third-order valence-corrected chi connectivity index (χ3v) is 4.41. The van der Waals surface area contributed by atoms with Gasteiger partial charge in [0, 0.05) is 29.5 Å². The predicted molar refractivity (Wildman–Crippen MR) is 90.5 cm³/mol. The molecule has 0 saturated carbocycles. The maximum Gasteiger partial charge on any atom is 0.0471 e. The van der Waals surface area contributed by atoms with E-state index in [1.165, 1.54) is 16.9 Å². The Bertz CT molecular complexity index is 639. The van der Waals surface area contributed by atoms with Crippen LogP contribution in [0.2, 0.25) is 5.02 Å². The van der Waals surface area contributed by atoms with Crippen molar-refractivity contribution in [3.63, 3.8) is 0 Å². The summed E-state index contributed by atoms with van der Waals surface area (Å²) in [5.74, 6) is 0.649. The van der Waals surface area contributed by atoms with Crippen LogP contribution in [0.4, 0.5) is 11.4 Å². The number of halogens is 1. The number of anilines is 2. The van der Waals surface area contributed by atoms with Crippen LogP contribution in [0, 0.1) is 5.92 Å². The molecule has 0 aromatic heterocycles. The SMILES string of the molecule is CNCc1ccc(N2CC(C)Cc3ccccc32)cc1Cl. The number of para-hydroxylation sites is 1. The minimum absolute atomic E-state index is 0.649. The highest BCUT2D eigenvalue weighted by molar-refractivity contribution is 6.31. The van der Waals surface area contributed by atoms with Crippen LogP contribution in [0.3, 0.4) is 0 Å². The van der Waals surface area contributed by atoms with Crippen LogP contribution in [-0.4, -0.2) is 13.6 Å². The highest BCUT2D eigenvalue weighted by Crippen LogP contribution is 2.36. The Morgan fingerprint density at radius 1 is 1.24 bits per heavy atom. The second kappa shape index (κ2) is 6.08. The first-order valence-electron chi connectivity index (χ1n) is 7.47. The van der Waals surface area contributed by atoms with Crippen LogP contribution < -0.4 is 10.2 Å². The normalized spacial score (nSPS) is 17.7. The van der Waals surface area contributed by atoms with Gasteiger partial charge in [0.2, 0.25) is 0 Å². The van der Waals surface area contributed by atoms with E-state index in [0.717, 1.165) is 30.1 Å². The van der Waals surface area contributed by atoms with E-state index in [-0.39, 0.29) is 0 Å². The summed E-state index contributed by atoms with van der Waals surface area (Å²) in [7, 11) is 1.94. The van der Waals surface area contributed by atoms with E-state index in [4.69, 9.17) is 11.6 Å². The van der Waals surface area contributed by atoms with E-state index >= 15 is 0 Å². The monoisotopic (exact) mass is 300 g/mol. The Morgan fingerprint density at radius 2 is 2.05 bits per heavy atom. The van der Waals surface area contributed by atoms with Gasteiger partial charge in [0.05, 0.1) is 0 Å². The van der Waals surface area contributed by atoms with Gasteiger partial charge in [-0.25, -0.2) is 0 Å². The molecule has 1 atom stereocenters. The summed E-state index contributed by atoms with van der Waals surface area (Å²) >= 11 is 6.42. The van der Waals surface area contributed by atoms with Gasteiger partial charge in [-0.2, -0.15) is 0 Å². The Balaban J connectivity index is 1.99. The molecule has 1 aliphatic heterocycles. The first-order chi connectivity index (χ1) is 10.2. The van der Waals surface area contributed by atoms with Crippen molar-refractivity contribution in [1.82, 2.24) is 5.32 Å². The van der Waals surface area contributed by atoms with Gasteiger partial charge < -0.3 is 10.2 Å². The molecule has 3 rings (SSSR count). The van der Waals surface area contributed by atoms with Crippen LogP contribution in [-0.2, 0) is 13.0 Å². The summed E-state index contributed by atoms with van der Waals surface area (Å²) in [6.45, 7) is 4.14. The number of nitrogens with one attached hydrogen (secondary N) is 1. The lowest BCUT2D eigenvalue weighted by Gasteiger charge is -2.35. The molecular weight excluding hydrogens is 280 g/mol. The molecule has 0 radical (unpaired) electrons. The molecule has 1 N–H and O–H groups in total. The van der Waals surface area contributed by atoms with Gasteiger partial charge in [0.1, 0.15) is 0 Å². The van der Waals surface area contributed by atoms with Gasteiger partial charge >= 0.3 is 0 Å². The molecule has 0 aliphatic carbocycles. The molecule has 0 amide bonds. The lowest BCUT2D eigenvalue weighted by Crippen LogP contribution is -2.30. The number of hydrogen-bond acceptors (Lipinski definition) is 2. The van der Waals surface area contributed by atoms with Crippen LogP contribution in [0.15, 0.2) is 42.5 Å². The van der Waals surface area contributed by atoms with Crippen molar-refractivity contribution in [2.24, 2.45) is 5.92 Å². The average molecular weight is 301 g/mol. The van der Waals surface area contributed by atoms with E-state index in [9.17, 15) is 0 Å². The fourth-order valence-electron chi connectivity index (χ4n) is 3.08. The topological polar surface area (TPSA) is 15.3 Å². The van der Waals surface area contributed by atoms with Crippen molar-refractivity contribution in [3.8, 4) is 0 Å². The number of benzene rings is 2. The van der Waals surface area contributed by atoms with E-state index in [2.05, 4.69) is 59.6 Å². The number of hydrogen-bond donors (Lipinski definition) is 1. The van der Waals surface area contributed by atoms with Gasteiger partial charge in [-0.15, -0.1) is 0 Å². The molecule has 2 aromatic carbocycles. The minimum atomic E-state index is 0.649. The molecule has 2 nitrogen and oxygen atoms in total. The van der Waals surface area contributed by atoms with Gasteiger partial charge in [-0.1, -0.05) is 42.8 Å². The molecule has 0 bridgehead atoms. The summed E-state index contributed by atoms with van der Waals surface area (Å²) in [5.41, 5.74) is 5.06. The van der Waals surface area contributed by atoms with Crippen molar-refractivity contribution >= 4 is 23.0 Å². The van der Waals surface area contributed by atoms with Gasteiger partial charge in [0.25, 0.3) is 0 Å². The zero-order valence-corrected chi connectivity index (χ0v) is 13.3. The van der Waals surface area contributed by atoms with Crippen LogP contribution in [0.25, 0.3) is 0 Å². The summed E-state index contributed by atoms with van der Waals surface area (Å²) in [5, 5.41) is 3.98. The molecule has 1 aliphatic rings. The molecule has 110 valence electrons. The molecule has 0 fully saturated rings. The number of rotatable bonds is 3. The largest absolute Gasteiger partial charge is 0.341 e. The Labute approximate surface area is 131 Å². The van der Waals surface area contributed by atoms with E-state index in [1.54, 1.807) is 0 Å². The fraction of sp³-hybridized carbons (Fsp3) is 0.333. The summed E-state index contributed by atoms with van der Waals surface area (Å²) in [6, 6.07) is 15.1. The molecule has 1 unspecified atom stereocenters. The van der Waals surface area contributed by atoms with E-state index in [1.807, 2.05) is 7.05 Å². The summed E-state index contributed by atoms with van der Waals surface area (Å²) < 4.78 is 0. The zero-order valence-electron chi connectivity index (χ0n) is 12.6. The maximum absolute atomic E-state index is 6.42. The smallest absolute Gasteiger partial charge is 0.0471 e. The van der Waals surface area contributed by atoms with Crippen molar-refractivity contribution < 1.29 is 0 Å². The first-order valence-corrected chi connectivity index (χ1v) is 7.85. The third kappa shape index (κ3) is 2.92. The zero-order chi connectivity index (χ0) is 14.8.